The summed E-state index contributed by atoms with van der Waals surface area (Å²) in [5, 5.41) is 15.9. The Morgan fingerprint density at radius 3 is 2.64 bits per heavy atom. The van der Waals surface area contributed by atoms with Gasteiger partial charge in [-0.2, -0.15) is 15.1 Å². The van der Waals surface area contributed by atoms with Crippen LogP contribution in [0.25, 0.3) is 6.08 Å². The number of fused-ring (bicyclic) bond motifs is 1. The first-order valence-electron chi connectivity index (χ1n) is 11.7. The molecular formula is C26H27ClN4O4S. The topological polar surface area (TPSA) is 96.6 Å². The number of amides is 1. The third kappa shape index (κ3) is 5.74. The number of hydrogen-bond donors (Lipinski definition) is 1. The van der Waals surface area contributed by atoms with Gasteiger partial charge in [0, 0.05) is 0 Å². The number of carbonyl (C=O) groups excluding carboxylic acids is 1. The SMILES string of the molecule is CCCC1=NN2C(=N)C(=Cc3cc(Cl)c(OCCOc4ccccc4C)c(OCC)c3)C(=O)N=C2S1. The van der Waals surface area contributed by atoms with Gasteiger partial charge in [0.1, 0.15) is 24.0 Å². The minimum absolute atomic E-state index is 0.0219. The number of thioether (sulfide) groups is 1. The summed E-state index contributed by atoms with van der Waals surface area (Å²) in [6, 6.07) is 11.2. The van der Waals surface area contributed by atoms with Crippen molar-refractivity contribution in [2.45, 2.75) is 33.6 Å². The van der Waals surface area contributed by atoms with Crippen LogP contribution in [-0.4, -0.2) is 46.8 Å². The van der Waals surface area contributed by atoms with Gasteiger partial charge in [-0.25, -0.2) is 0 Å². The lowest BCUT2D eigenvalue weighted by molar-refractivity contribution is -0.114. The zero-order chi connectivity index (χ0) is 25.7. The second-order valence-corrected chi connectivity index (χ2v) is 9.44. The summed E-state index contributed by atoms with van der Waals surface area (Å²) in [5.41, 5.74) is 1.75. The van der Waals surface area contributed by atoms with Gasteiger partial charge in [-0.1, -0.05) is 36.7 Å². The second kappa shape index (κ2) is 11.6. The summed E-state index contributed by atoms with van der Waals surface area (Å²) in [6.45, 7) is 6.88. The Balaban J connectivity index is 1.52. The lowest BCUT2D eigenvalue weighted by Gasteiger charge is -2.20. The smallest absolute Gasteiger partial charge is 0.283 e. The maximum Gasteiger partial charge on any atom is 0.283 e. The number of nitrogens with one attached hydrogen (secondary N) is 1. The Bertz CT molecular complexity index is 1270. The molecule has 2 heterocycles. The third-order valence-corrected chi connectivity index (χ3v) is 6.53. The van der Waals surface area contributed by atoms with Gasteiger partial charge in [0.05, 0.1) is 17.2 Å². The minimum atomic E-state index is -0.491. The first kappa shape index (κ1) is 25.8. The molecule has 1 amide bonds. The fourth-order valence-corrected chi connectivity index (χ4v) is 4.86. The van der Waals surface area contributed by atoms with E-state index in [2.05, 4.69) is 10.1 Å². The van der Waals surface area contributed by atoms with Crippen molar-refractivity contribution in [2.75, 3.05) is 19.8 Å². The Morgan fingerprint density at radius 1 is 1.11 bits per heavy atom. The quantitative estimate of drug-likeness (QED) is 0.305. The van der Waals surface area contributed by atoms with Gasteiger partial charge in [0.2, 0.25) is 5.17 Å². The Morgan fingerprint density at radius 2 is 1.89 bits per heavy atom. The van der Waals surface area contributed by atoms with E-state index >= 15 is 0 Å². The zero-order valence-corrected chi connectivity index (χ0v) is 21.9. The largest absolute Gasteiger partial charge is 0.490 e. The Labute approximate surface area is 219 Å². The number of carbonyl (C=O) groups is 1. The lowest BCUT2D eigenvalue weighted by atomic mass is 10.1. The van der Waals surface area contributed by atoms with E-state index in [1.807, 2.05) is 45.0 Å². The molecule has 8 nitrogen and oxygen atoms in total. The van der Waals surface area contributed by atoms with Gasteiger partial charge >= 0.3 is 0 Å². The first-order chi connectivity index (χ1) is 17.4. The highest BCUT2D eigenvalue weighted by atomic mass is 35.5. The van der Waals surface area contributed by atoms with Crippen molar-refractivity contribution < 1.29 is 19.0 Å². The highest BCUT2D eigenvalue weighted by molar-refractivity contribution is 8.26. The lowest BCUT2D eigenvalue weighted by Crippen LogP contribution is -2.35. The number of nitrogens with zero attached hydrogens (tertiary/aromatic N) is 3. The predicted molar refractivity (Wildman–Crippen MR) is 145 cm³/mol. The summed E-state index contributed by atoms with van der Waals surface area (Å²) < 4.78 is 17.5. The van der Waals surface area contributed by atoms with Crippen molar-refractivity contribution >= 4 is 51.4 Å². The molecule has 0 bridgehead atoms. The van der Waals surface area contributed by atoms with Crippen LogP contribution >= 0.6 is 23.4 Å². The molecule has 4 rings (SSSR count). The molecule has 0 fully saturated rings. The maximum atomic E-state index is 12.7. The molecule has 188 valence electrons. The van der Waals surface area contributed by atoms with Crippen molar-refractivity contribution in [2.24, 2.45) is 10.1 Å². The van der Waals surface area contributed by atoms with Crippen LogP contribution in [-0.2, 0) is 4.79 Å². The summed E-state index contributed by atoms with van der Waals surface area (Å²) >= 11 is 7.87. The van der Waals surface area contributed by atoms with Crippen molar-refractivity contribution in [1.82, 2.24) is 5.01 Å². The van der Waals surface area contributed by atoms with E-state index in [9.17, 15) is 4.79 Å². The molecule has 2 aliphatic rings. The monoisotopic (exact) mass is 526 g/mol. The molecule has 36 heavy (non-hydrogen) atoms. The standard InChI is InChI=1S/C26H27ClN4O4S/c1-4-8-22-30-31-24(28)18(25(32)29-26(31)36-22)13-17-14-19(27)23(21(15-17)33-5-2)35-12-11-34-20-10-7-6-9-16(20)3/h6-7,9-10,13-15,28H,4-5,8,11-12H2,1-3H3. The zero-order valence-electron chi connectivity index (χ0n) is 20.3. The molecule has 0 saturated heterocycles. The molecule has 2 aromatic carbocycles. The molecule has 0 aliphatic carbocycles. The van der Waals surface area contributed by atoms with Gasteiger partial charge < -0.3 is 14.2 Å². The molecule has 0 unspecified atom stereocenters. The number of aryl methyl sites for hydroxylation is 1. The van der Waals surface area contributed by atoms with Crippen molar-refractivity contribution in [3.05, 3.63) is 58.1 Å². The number of hydrogen-bond acceptors (Lipinski definition) is 7. The Hall–Kier alpha value is -3.30. The van der Waals surface area contributed by atoms with Crippen LogP contribution in [0.4, 0.5) is 0 Å². The van der Waals surface area contributed by atoms with Crippen LogP contribution in [0.5, 0.6) is 17.2 Å². The number of rotatable bonds is 10. The van der Waals surface area contributed by atoms with Gasteiger partial charge in [0.25, 0.3) is 5.91 Å². The van der Waals surface area contributed by atoms with E-state index < -0.39 is 5.91 Å². The molecule has 10 heteroatoms. The van der Waals surface area contributed by atoms with Gasteiger partial charge in [-0.05, 0) is 73.9 Å². The summed E-state index contributed by atoms with van der Waals surface area (Å²) in [6.07, 6.45) is 3.26. The first-order valence-corrected chi connectivity index (χ1v) is 12.9. The number of para-hydroxylation sites is 1. The van der Waals surface area contributed by atoms with E-state index in [0.29, 0.717) is 40.5 Å². The van der Waals surface area contributed by atoms with Crippen LogP contribution in [0.15, 0.2) is 52.1 Å². The highest BCUT2D eigenvalue weighted by Crippen LogP contribution is 2.38. The number of hydrazone groups is 1. The minimum Gasteiger partial charge on any atom is -0.490 e. The van der Waals surface area contributed by atoms with Crippen LogP contribution in [0.1, 0.15) is 37.8 Å². The van der Waals surface area contributed by atoms with Crippen LogP contribution in [0.3, 0.4) is 0 Å². The number of aliphatic imine (C=N–C) groups is 1. The van der Waals surface area contributed by atoms with Gasteiger partial charge in [-0.3, -0.25) is 10.2 Å². The second-order valence-electron chi connectivity index (χ2n) is 7.99. The van der Waals surface area contributed by atoms with Crippen molar-refractivity contribution in [1.29, 1.82) is 5.41 Å². The van der Waals surface area contributed by atoms with Crippen molar-refractivity contribution in [3.63, 3.8) is 0 Å². The van der Waals surface area contributed by atoms with Crippen molar-refractivity contribution in [3.8, 4) is 17.2 Å². The molecule has 0 spiro atoms. The van der Waals surface area contributed by atoms with E-state index in [1.54, 1.807) is 18.2 Å². The number of amidine groups is 2. The molecule has 2 aromatic rings. The van der Waals surface area contributed by atoms with E-state index in [4.69, 9.17) is 31.2 Å². The molecule has 1 N–H and O–H groups in total. The van der Waals surface area contributed by atoms with E-state index in [-0.39, 0.29) is 18.0 Å². The van der Waals surface area contributed by atoms with Gasteiger partial charge in [0.15, 0.2) is 17.3 Å². The number of halogens is 1. The predicted octanol–water partition coefficient (Wildman–Crippen LogP) is 5.92. The number of ether oxygens (including phenoxy) is 3. The van der Waals surface area contributed by atoms with Crippen LogP contribution in [0.2, 0.25) is 5.02 Å². The van der Waals surface area contributed by atoms with Crippen LogP contribution < -0.4 is 14.2 Å². The third-order valence-electron chi connectivity index (χ3n) is 5.28. The molecule has 0 radical (unpaired) electrons. The average molecular weight is 527 g/mol. The normalized spacial score (nSPS) is 16.1. The van der Waals surface area contributed by atoms with E-state index in [1.165, 1.54) is 16.8 Å². The summed E-state index contributed by atoms with van der Waals surface area (Å²) in [5.74, 6) is 1.11. The number of benzene rings is 2. The highest BCUT2D eigenvalue weighted by Gasteiger charge is 2.35. The molecule has 0 atom stereocenters. The van der Waals surface area contributed by atoms with E-state index in [0.717, 1.165) is 29.2 Å². The fourth-order valence-electron chi connectivity index (χ4n) is 3.60. The summed E-state index contributed by atoms with van der Waals surface area (Å²) in [4.78, 5) is 16.8. The summed E-state index contributed by atoms with van der Waals surface area (Å²) in [7, 11) is 0. The molecule has 2 aliphatic heterocycles. The van der Waals surface area contributed by atoms with Gasteiger partial charge in [-0.15, -0.1) is 0 Å². The fraction of sp³-hybridized carbons (Fsp3) is 0.308. The molecule has 0 aromatic heterocycles. The molecular weight excluding hydrogens is 500 g/mol. The van der Waals surface area contributed by atoms with Crippen LogP contribution in [0, 0.1) is 12.3 Å². The average Bonchev–Trinajstić information content (AvgIpc) is 3.24. The maximum absolute atomic E-state index is 12.7. The Kier molecular flexibility index (Phi) is 8.32. The molecule has 0 saturated carbocycles.